The highest BCUT2D eigenvalue weighted by molar-refractivity contribution is 5.64. The van der Waals surface area contributed by atoms with Crippen molar-refractivity contribution >= 4 is 5.69 Å². The smallest absolute Gasteiger partial charge is 0.162 e. The molecule has 0 fully saturated rings. The summed E-state index contributed by atoms with van der Waals surface area (Å²) in [4.78, 5) is 4.79. The van der Waals surface area contributed by atoms with Gasteiger partial charge in [0.2, 0.25) is 0 Å². The number of hydrogen-bond donors (Lipinski definition) is 1. The Morgan fingerprint density at radius 2 is 1.57 bits per heavy atom. The summed E-state index contributed by atoms with van der Waals surface area (Å²) < 4.78 is 11.4. The number of nitrogens with zero attached hydrogens (tertiary/aromatic N) is 2. The summed E-state index contributed by atoms with van der Waals surface area (Å²) >= 11 is 0. The molecule has 0 amide bonds. The molecule has 1 aliphatic carbocycles. The fourth-order valence-corrected chi connectivity index (χ4v) is 5.37. The van der Waals surface area contributed by atoms with E-state index in [9.17, 15) is 5.11 Å². The van der Waals surface area contributed by atoms with Crippen LogP contribution in [0.15, 0.2) is 54.6 Å². The second-order valence-electron chi connectivity index (χ2n) is 10.1. The van der Waals surface area contributed by atoms with Gasteiger partial charge in [0.05, 0.1) is 14.2 Å². The number of rotatable bonds is 11. The SMILES string of the molecule is CCN(C)CCc1ccc(CN(CC)c2cc(OC)c(OC)cc2[C@@H]2CCc3cc(O)ccc3C2)cc1. The molecular weight excluding hydrogens is 460 g/mol. The van der Waals surface area contributed by atoms with Gasteiger partial charge in [-0.05, 0) is 98.1 Å². The number of methoxy groups -OCH3 is 2. The largest absolute Gasteiger partial charge is 0.508 e. The van der Waals surface area contributed by atoms with Crippen molar-refractivity contribution in [1.82, 2.24) is 4.90 Å². The highest BCUT2D eigenvalue weighted by Gasteiger charge is 2.26. The molecule has 5 heteroatoms. The van der Waals surface area contributed by atoms with Crippen LogP contribution >= 0.6 is 0 Å². The molecule has 0 saturated heterocycles. The molecule has 1 aliphatic rings. The summed E-state index contributed by atoms with van der Waals surface area (Å²) in [5, 5.41) is 9.93. The minimum absolute atomic E-state index is 0.351. The lowest BCUT2D eigenvalue weighted by atomic mass is 9.79. The zero-order chi connectivity index (χ0) is 26.4. The van der Waals surface area contributed by atoms with E-state index in [2.05, 4.69) is 73.2 Å². The normalized spacial score (nSPS) is 14.9. The van der Waals surface area contributed by atoms with Crippen molar-refractivity contribution < 1.29 is 14.6 Å². The quantitative estimate of drug-likeness (QED) is 0.338. The predicted octanol–water partition coefficient (Wildman–Crippen LogP) is 6.20. The monoisotopic (exact) mass is 502 g/mol. The fourth-order valence-electron chi connectivity index (χ4n) is 5.37. The molecule has 3 aromatic carbocycles. The van der Waals surface area contributed by atoms with Crippen LogP contribution in [-0.4, -0.2) is 50.9 Å². The third kappa shape index (κ3) is 6.40. The zero-order valence-corrected chi connectivity index (χ0v) is 23.1. The van der Waals surface area contributed by atoms with Crippen molar-refractivity contribution in [2.75, 3.05) is 45.8 Å². The Morgan fingerprint density at radius 3 is 2.24 bits per heavy atom. The molecular formula is C32H42N2O3. The number of hydrogen-bond acceptors (Lipinski definition) is 5. The van der Waals surface area contributed by atoms with Gasteiger partial charge in [-0.25, -0.2) is 0 Å². The molecule has 1 atom stereocenters. The van der Waals surface area contributed by atoms with E-state index in [0.717, 1.165) is 63.4 Å². The number of benzene rings is 3. The third-order valence-corrected chi connectivity index (χ3v) is 7.83. The molecule has 5 nitrogen and oxygen atoms in total. The van der Waals surface area contributed by atoms with E-state index in [1.165, 1.54) is 33.5 Å². The van der Waals surface area contributed by atoms with Gasteiger partial charge in [-0.3, -0.25) is 0 Å². The first kappa shape index (κ1) is 26.9. The fraction of sp³-hybridized carbons (Fsp3) is 0.438. The van der Waals surface area contributed by atoms with Crippen molar-refractivity contribution in [2.24, 2.45) is 0 Å². The molecule has 0 aromatic heterocycles. The minimum Gasteiger partial charge on any atom is -0.508 e. The lowest BCUT2D eigenvalue weighted by Gasteiger charge is -2.32. The molecule has 1 N–H and O–H groups in total. The molecule has 0 spiro atoms. The van der Waals surface area contributed by atoms with E-state index in [0.29, 0.717) is 11.7 Å². The van der Waals surface area contributed by atoms with Crippen molar-refractivity contribution in [3.8, 4) is 17.2 Å². The number of likely N-dealkylation sites (N-methyl/N-ethyl adjacent to an activating group) is 1. The maximum atomic E-state index is 9.93. The Bertz CT molecular complexity index is 1180. The van der Waals surface area contributed by atoms with Gasteiger partial charge in [0.1, 0.15) is 5.75 Å². The van der Waals surface area contributed by atoms with Gasteiger partial charge in [-0.15, -0.1) is 0 Å². The van der Waals surface area contributed by atoms with Crippen molar-refractivity contribution in [3.63, 3.8) is 0 Å². The first-order valence-corrected chi connectivity index (χ1v) is 13.5. The maximum Gasteiger partial charge on any atom is 0.162 e. The topological polar surface area (TPSA) is 45.2 Å². The van der Waals surface area contributed by atoms with E-state index in [1.54, 1.807) is 20.3 Å². The average Bonchev–Trinajstić information content (AvgIpc) is 2.94. The van der Waals surface area contributed by atoms with Crippen LogP contribution in [-0.2, 0) is 25.8 Å². The molecule has 0 bridgehead atoms. The summed E-state index contributed by atoms with van der Waals surface area (Å²) in [7, 11) is 5.58. The van der Waals surface area contributed by atoms with Crippen LogP contribution in [0.5, 0.6) is 17.2 Å². The number of aromatic hydroxyl groups is 1. The molecule has 0 saturated carbocycles. The van der Waals surface area contributed by atoms with Crippen LogP contribution in [0.4, 0.5) is 5.69 Å². The summed E-state index contributed by atoms with van der Waals surface area (Å²) in [5.41, 5.74) is 7.78. The molecule has 37 heavy (non-hydrogen) atoms. The number of ether oxygens (including phenoxy) is 2. The van der Waals surface area contributed by atoms with Crippen LogP contribution in [0, 0.1) is 0 Å². The Morgan fingerprint density at radius 1 is 0.865 bits per heavy atom. The second-order valence-corrected chi connectivity index (χ2v) is 10.1. The molecule has 198 valence electrons. The Kier molecular flexibility index (Phi) is 8.99. The lowest BCUT2D eigenvalue weighted by molar-refractivity contribution is 0.354. The molecule has 0 heterocycles. The lowest BCUT2D eigenvalue weighted by Crippen LogP contribution is -2.25. The highest BCUT2D eigenvalue weighted by atomic mass is 16.5. The van der Waals surface area contributed by atoms with Crippen molar-refractivity contribution in [3.05, 3.63) is 82.4 Å². The van der Waals surface area contributed by atoms with Crippen molar-refractivity contribution in [1.29, 1.82) is 0 Å². The molecule has 0 unspecified atom stereocenters. The summed E-state index contributed by atoms with van der Waals surface area (Å²) in [6.45, 7) is 8.30. The van der Waals surface area contributed by atoms with Gasteiger partial charge >= 0.3 is 0 Å². The van der Waals surface area contributed by atoms with E-state index in [1.807, 2.05) is 6.07 Å². The number of phenols is 1. The summed E-state index contributed by atoms with van der Waals surface area (Å²) in [6.07, 6.45) is 4.03. The van der Waals surface area contributed by atoms with E-state index in [-0.39, 0.29) is 0 Å². The van der Waals surface area contributed by atoms with Crippen LogP contribution < -0.4 is 14.4 Å². The Balaban J connectivity index is 1.61. The molecule has 0 radical (unpaired) electrons. The summed E-state index contributed by atoms with van der Waals surface area (Å²) in [6, 6.07) is 19.2. The van der Waals surface area contributed by atoms with Gasteiger partial charge in [-0.1, -0.05) is 37.3 Å². The average molecular weight is 503 g/mol. The predicted molar refractivity (Wildman–Crippen MR) is 152 cm³/mol. The Hall–Kier alpha value is -3.18. The second kappa shape index (κ2) is 12.4. The van der Waals surface area contributed by atoms with E-state index >= 15 is 0 Å². The maximum absolute atomic E-state index is 9.93. The molecule has 3 aromatic rings. The van der Waals surface area contributed by atoms with Crippen LogP contribution in [0.3, 0.4) is 0 Å². The van der Waals surface area contributed by atoms with Crippen LogP contribution in [0.2, 0.25) is 0 Å². The van der Waals surface area contributed by atoms with Crippen molar-refractivity contribution in [2.45, 2.75) is 52.0 Å². The highest BCUT2D eigenvalue weighted by Crippen LogP contribution is 2.43. The van der Waals surface area contributed by atoms with Gasteiger partial charge in [0.25, 0.3) is 0 Å². The van der Waals surface area contributed by atoms with E-state index < -0.39 is 0 Å². The third-order valence-electron chi connectivity index (χ3n) is 7.83. The van der Waals surface area contributed by atoms with Gasteiger partial charge in [0.15, 0.2) is 11.5 Å². The van der Waals surface area contributed by atoms with Crippen LogP contribution in [0.1, 0.15) is 54.0 Å². The first-order valence-electron chi connectivity index (χ1n) is 13.5. The van der Waals surface area contributed by atoms with Gasteiger partial charge < -0.3 is 24.4 Å². The standard InChI is InChI=1S/C32H42N2O3/c1-6-33(3)17-16-23-8-10-24(11-9-23)22-34(7-2)30-21-32(37-5)31(36-4)20-29(30)27-13-12-26-19-28(35)15-14-25(26)18-27/h8-11,14-15,19-21,27,35H,6-7,12-13,16-18,22H2,1-5H3/t27-/m1/s1. The number of phenolic OH excluding ortho intramolecular Hbond substituents is 1. The number of anilines is 1. The number of fused-ring (bicyclic) bond motifs is 1. The summed E-state index contributed by atoms with van der Waals surface area (Å²) in [5.74, 6) is 2.26. The minimum atomic E-state index is 0.351. The number of aryl methyl sites for hydroxylation is 1. The van der Waals surface area contributed by atoms with Crippen LogP contribution in [0.25, 0.3) is 0 Å². The van der Waals surface area contributed by atoms with Gasteiger partial charge in [-0.2, -0.15) is 0 Å². The van der Waals surface area contributed by atoms with Gasteiger partial charge in [0, 0.05) is 31.4 Å². The van der Waals surface area contributed by atoms with E-state index in [4.69, 9.17) is 9.47 Å². The zero-order valence-electron chi connectivity index (χ0n) is 23.1. The molecule has 4 rings (SSSR count). The molecule has 0 aliphatic heterocycles. The first-order chi connectivity index (χ1) is 17.9. The Labute approximate surface area is 222 Å².